The van der Waals surface area contributed by atoms with Gasteiger partial charge in [-0.25, -0.2) is 0 Å². The third kappa shape index (κ3) is 4.17. The van der Waals surface area contributed by atoms with Crippen LogP contribution in [0.25, 0.3) is 0 Å². The van der Waals surface area contributed by atoms with Crippen molar-refractivity contribution in [3.05, 3.63) is 0 Å². The average Bonchev–Trinajstić information content (AvgIpc) is 3.23. The zero-order chi connectivity index (χ0) is 13.7. The van der Waals surface area contributed by atoms with Crippen molar-refractivity contribution in [3.8, 4) is 6.07 Å². The Morgan fingerprint density at radius 3 is 2.68 bits per heavy atom. The van der Waals surface area contributed by atoms with Crippen LogP contribution in [0.4, 0.5) is 0 Å². The first-order valence-corrected chi connectivity index (χ1v) is 7.54. The highest BCUT2D eigenvalue weighted by molar-refractivity contribution is 5.16. The monoisotopic (exact) mass is 266 g/mol. The van der Waals surface area contributed by atoms with Crippen LogP contribution < -0.4 is 5.32 Å². The van der Waals surface area contributed by atoms with E-state index in [1.165, 1.54) is 6.42 Å². The first-order valence-electron chi connectivity index (χ1n) is 7.54. The fraction of sp³-hybridized carbons (Fsp3) is 0.933. The Kier molecular flexibility index (Phi) is 5.20. The van der Waals surface area contributed by atoms with Gasteiger partial charge in [0.15, 0.2) is 0 Å². The van der Waals surface area contributed by atoms with E-state index in [4.69, 9.17) is 9.47 Å². The number of hydrogen-bond acceptors (Lipinski definition) is 4. The predicted molar refractivity (Wildman–Crippen MR) is 73.7 cm³/mol. The summed E-state index contributed by atoms with van der Waals surface area (Å²) >= 11 is 0. The molecule has 1 saturated carbocycles. The molecule has 4 nitrogen and oxygen atoms in total. The van der Waals surface area contributed by atoms with E-state index < -0.39 is 5.54 Å². The molecule has 1 heterocycles. The number of nitrogens with zero attached hydrogens (tertiary/aromatic N) is 1. The lowest BCUT2D eigenvalue weighted by molar-refractivity contribution is -0.0501. The molecule has 108 valence electrons. The van der Waals surface area contributed by atoms with Crippen LogP contribution in [-0.2, 0) is 9.47 Å². The molecule has 2 atom stereocenters. The summed E-state index contributed by atoms with van der Waals surface area (Å²) in [5.41, 5.74) is -0.497. The van der Waals surface area contributed by atoms with Crippen LogP contribution in [0.3, 0.4) is 0 Å². The van der Waals surface area contributed by atoms with Crippen LogP contribution in [-0.4, -0.2) is 37.5 Å². The van der Waals surface area contributed by atoms with Crippen molar-refractivity contribution < 1.29 is 9.47 Å². The fourth-order valence-corrected chi connectivity index (χ4v) is 2.81. The molecule has 1 saturated heterocycles. The van der Waals surface area contributed by atoms with Crippen molar-refractivity contribution in [1.29, 1.82) is 5.26 Å². The van der Waals surface area contributed by atoms with Gasteiger partial charge >= 0.3 is 0 Å². The Labute approximate surface area is 116 Å². The number of ether oxygens (including phenoxy) is 2. The Hall–Kier alpha value is -0.630. The van der Waals surface area contributed by atoms with Gasteiger partial charge in [0.25, 0.3) is 0 Å². The quantitative estimate of drug-likeness (QED) is 0.768. The largest absolute Gasteiger partial charge is 0.376 e. The molecule has 0 aromatic rings. The molecule has 2 fully saturated rings. The Morgan fingerprint density at radius 1 is 1.37 bits per heavy atom. The zero-order valence-corrected chi connectivity index (χ0v) is 12.2. The topological polar surface area (TPSA) is 54.3 Å². The van der Waals surface area contributed by atoms with E-state index in [0.717, 1.165) is 32.3 Å². The Morgan fingerprint density at radius 2 is 2.16 bits per heavy atom. The zero-order valence-electron chi connectivity index (χ0n) is 12.2. The first kappa shape index (κ1) is 14.8. The maximum Gasteiger partial charge on any atom is 0.133 e. The fourth-order valence-electron chi connectivity index (χ4n) is 2.81. The molecule has 2 rings (SSSR count). The molecule has 0 aromatic carbocycles. The second-order valence-electron chi connectivity index (χ2n) is 6.16. The van der Waals surface area contributed by atoms with Crippen LogP contribution in [0.2, 0.25) is 0 Å². The summed E-state index contributed by atoms with van der Waals surface area (Å²) in [5, 5.41) is 13.0. The van der Waals surface area contributed by atoms with Crippen molar-refractivity contribution in [2.75, 3.05) is 19.8 Å². The maximum absolute atomic E-state index is 9.55. The van der Waals surface area contributed by atoms with Gasteiger partial charge < -0.3 is 9.47 Å². The lowest BCUT2D eigenvalue weighted by Gasteiger charge is -2.31. The molecule has 1 aliphatic heterocycles. The van der Waals surface area contributed by atoms with Gasteiger partial charge in [-0.1, -0.05) is 0 Å². The van der Waals surface area contributed by atoms with E-state index in [0.29, 0.717) is 25.2 Å². The number of nitrogens with one attached hydrogen (secondary N) is 1. The highest BCUT2D eigenvalue weighted by Gasteiger charge is 2.46. The summed E-state index contributed by atoms with van der Waals surface area (Å²) < 4.78 is 11.5. The summed E-state index contributed by atoms with van der Waals surface area (Å²) in [5.74, 6) is 0.451. The minimum Gasteiger partial charge on any atom is -0.376 e. The van der Waals surface area contributed by atoms with Crippen molar-refractivity contribution in [1.82, 2.24) is 5.32 Å². The van der Waals surface area contributed by atoms with Crippen molar-refractivity contribution >= 4 is 0 Å². The van der Waals surface area contributed by atoms with E-state index in [1.54, 1.807) is 0 Å². The third-order valence-corrected chi connectivity index (χ3v) is 3.93. The van der Waals surface area contributed by atoms with Crippen LogP contribution >= 0.6 is 0 Å². The molecule has 19 heavy (non-hydrogen) atoms. The summed E-state index contributed by atoms with van der Waals surface area (Å²) in [4.78, 5) is 0. The van der Waals surface area contributed by atoms with E-state index in [2.05, 4.69) is 25.2 Å². The van der Waals surface area contributed by atoms with E-state index >= 15 is 0 Å². The second-order valence-corrected chi connectivity index (χ2v) is 6.16. The average molecular weight is 266 g/mol. The molecule has 4 heteroatoms. The van der Waals surface area contributed by atoms with Gasteiger partial charge in [-0.15, -0.1) is 0 Å². The number of nitriles is 1. The molecule has 0 aromatic heterocycles. The van der Waals surface area contributed by atoms with Crippen molar-refractivity contribution in [2.24, 2.45) is 5.92 Å². The van der Waals surface area contributed by atoms with Crippen LogP contribution in [0, 0.1) is 17.2 Å². The highest BCUT2D eigenvalue weighted by Crippen LogP contribution is 2.40. The predicted octanol–water partition coefficient (Wildman–Crippen LogP) is 2.24. The molecular weight excluding hydrogens is 240 g/mol. The van der Waals surface area contributed by atoms with E-state index in [-0.39, 0.29) is 6.10 Å². The molecule has 2 aliphatic rings. The van der Waals surface area contributed by atoms with Gasteiger partial charge in [0.05, 0.1) is 25.4 Å². The molecule has 0 amide bonds. The standard InChI is InChI=1S/C15H26N2O2/c1-12(2)17-15(10-16,13-6-7-13)11-18-9-14-5-3-4-8-19-14/h12-14,17H,3-9,11H2,1-2H3. The van der Waals surface area contributed by atoms with Gasteiger partial charge in [0, 0.05) is 12.6 Å². The molecule has 1 N–H and O–H groups in total. The lowest BCUT2D eigenvalue weighted by atomic mass is 9.95. The van der Waals surface area contributed by atoms with E-state index in [9.17, 15) is 5.26 Å². The van der Waals surface area contributed by atoms with Crippen LogP contribution in [0.1, 0.15) is 46.0 Å². The minimum absolute atomic E-state index is 0.225. The molecular formula is C15H26N2O2. The summed E-state index contributed by atoms with van der Waals surface area (Å²) in [7, 11) is 0. The molecule has 0 radical (unpaired) electrons. The first-order chi connectivity index (χ1) is 9.16. The summed E-state index contributed by atoms with van der Waals surface area (Å²) in [6, 6.07) is 2.77. The van der Waals surface area contributed by atoms with Gasteiger partial charge in [0.2, 0.25) is 0 Å². The van der Waals surface area contributed by atoms with Crippen LogP contribution in [0.15, 0.2) is 0 Å². The van der Waals surface area contributed by atoms with Gasteiger partial charge in [0.1, 0.15) is 5.54 Å². The van der Waals surface area contributed by atoms with Gasteiger partial charge in [-0.05, 0) is 51.9 Å². The third-order valence-electron chi connectivity index (χ3n) is 3.93. The molecule has 2 unspecified atom stereocenters. The summed E-state index contributed by atoms with van der Waals surface area (Å²) in [6.07, 6.45) is 5.97. The normalized spacial score (nSPS) is 26.9. The van der Waals surface area contributed by atoms with Gasteiger partial charge in [-0.3, -0.25) is 5.32 Å². The Balaban J connectivity index is 1.80. The lowest BCUT2D eigenvalue weighted by Crippen LogP contribution is -2.53. The van der Waals surface area contributed by atoms with Crippen molar-refractivity contribution in [3.63, 3.8) is 0 Å². The second kappa shape index (κ2) is 6.69. The minimum atomic E-state index is -0.497. The SMILES string of the molecule is CC(C)NC(C#N)(COCC1CCCCO1)C1CC1. The van der Waals surface area contributed by atoms with E-state index in [1.807, 2.05) is 0 Å². The summed E-state index contributed by atoms with van der Waals surface area (Å²) in [6.45, 7) is 6.11. The van der Waals surface area contributed by atoms with Gasteiger partial charge in [-0.2, -0.15) is 5.26 Å². The number of hydrogen-bond donors (Lipinski definition) is 1. The Bertz CT molecular complexity index is 317. The maximum atomic E-state index is 9.55. The molecule has 0 spiro atoms. The van der Waals surface area contributed by atoms with Crippen LogP contribution in [0.5, 0.6) is 0 Å². The van der Waals surface area contributed by atoms with Crippen molar-refractivity contribution in [2.45, 2.75) is 63.6 Å². The smallest absolute Gasteiger partial charge is 0.133 e. The molecule has 0 bridgehead atoms. The number of rotatable bonds is 7. The highest BCUT2D eigenvalue weighted by atomic mass is 16.5. The molecule has 1 aliphatic carbocycles.